The van der Waals surface area contributed by atoms with Gasteiger partial charge in [-0.1, -0.05) is 6.92 Å². The third-order valence-corrected chi connectivity index (χ3v) is 7.65. The topological polar surface area (TPSA) is 115 Å². The Balaban J connectivity index is 1.56. The maximum Gasteiger partial charge on any atom is 0.301 e. The Bertz CT molecular complexity index is 1350. The number of rotatable bonds is 8. The normalized spacial score (nSPS) is 14.9. The number of hydrogen-bond acceptors (Lipinski definition) is 7. The number of aromatic nitrogens is 3. The largest absolute Gasteiger partial charge is 0.360 e. The van der Waals surface area contributed by atoms with E-state index in [1.165, 1.54) is 19.3 Å². The molecule has 0 radical (unpaired) electrons. The molecular formula is C23H27F2N7O3S. The van der Waals surface area contributed by atoms with Gasteiger partial charge in [0, 0.05) is 75.2 Å². The van der Waals surface area contributed by atoms with Crippen molar-refractivity contribution in [3.05, 3.63) is 59.6 Å². The molecule has 1 aliphatic heterocycles. The molecule has 2 aromatic heterocycles. The molecule has 3 heterocycles. The highest BCUT2D eigenvalue weighted by molar-refractivity contribution is 7.90. The van der Waals surface area contributed by atoms with E-state index in [-0.39, 0.29) is 12.1 Å². The Morgan fingerprint density at radius 2 is 1.83 bits per heavy atom. The molecule has 0 amide bonds. The summed E-state index contributed by atoms with van der Waals surface area (Å²) >= 11 is 0. The molecule has 3 aromatic rings. The first-order valence-corrected chi connectivity index (χ1v) is 12.8. The number of ketones is 1. The number of carbonyl (C=O) groups is 1. The zero-order valence-corrected chi connectivity index (χ0v) is 20.9. The molecule has 13 heteroatoms. The fraction of sp³-hybridized carbons (Fsp3) is 0.348. The Morgan fingerprint density at radius 3 is 2.47 bits per heavy atom. The highest BCUT2D eigenvalue weighted by Crippen LogP contribution is 2.27. The maximum absolute atomic E-state index is 15.1. The Morgan fingerprint density at radius 1 is 1.17 bits per heavy atom. The lowest BCUT2D eigenvalue weighted by Crippen LogP contribution is -2.45. The number of piperazine rings is 1. The van der Waals surface area contributed by atoms with Crippen LogP contribution in [0.5, 0.6) is 0 Å². The lowest BCUT2D eigenvalue weighted by atomic mass is 10.0. The van der Waals surface area contributed by atoms with Crippen LogP contribution in [0.3, 0.4) is 0 Å². The Kier molecular flexibility index (Phi) is 7.33. The molecule has 0 bridgehead atoms. The van der Waals surface area contributed by atoms with E-state index in [1.54, 1.807) is 19.3 Å². The third-order valence-electron chi connectivity index (χ3n) is 6.09. The first-order valence-electron chi connectivity index (χ1n) is 11.3. The van der Waals surface area contributed by atoms with Gasteiger partial charge in [0.05, 0.1) is 11.3 Å². The van der Waals surface area contributed by atoms with E-state index in [2.05, 4.69) is 36.5 Å². The second-order valence-electron chi connectivity index (χ2n) is 8.50. The van der Waals surface area contributed by atoms with Gasteiger partial charge >= 0.3 is 10.2 Å². The van der Waals surface area contributed by atoms with E-state index in [0.29, 0.717) is 17.2 Å². The minimum absolute atomic E-state index is 0.00312. The van der Waals surface area contributed by atoms with Crippen LogP contribution in [0.25, 0.3) is 11.3 Å². The summed E-state index contributed by atoms with van der Waals surface area (Å²) in [6.07, 6.45) is 4.55. The summed E-state index contributed by atoms with van der Waals surface area (Å²) in [6.45, 7) is 5.20. The van der Waals surface area contributed by atoms with Gasteiger partial charge in [-0.15, -0.1) is 0 Å². The summed E-state index contributed by atoms with van der Waals surface area (Å²) in [7, 11) is -0.706. The second-order valence-corrected chi connectivity index (χ2v) is 10.3. The molecule has 2 N–H and O–H groups in total. The number of likely N-dealkylation sites (N-methyl/N-ethyl adjacent to an activating group) is 1. The molecule has 1 fully saturated rings. The van der Waals surface area contributed by atoms with Crippen molar-refractivity contribution in [3.8, 4) is 11.3 Å². The fourth-order valence-corrected chi connectivity index (χ4v) is 4.62. The molecule has 10 nitrogen and oxygen atoms in total. The summed E-state index contributed by atoms with van der Waals surface area (Å²) in [6, 6.07) is 3.22. The Hall–Kier alpha value is -3.42. The van der Waals surface area contributed by atoms with Crippen LogP contribution in [0.2, 0.25) is 0 Å². The summed E-state index contributed by atoms with van der Waals surface area (Å²) in [4.78, 5) is 29.0. The monoisotopic (exact) mass is 519 g/mol. The van der Waals surface area contributed by atoms with Crippen LogP contribution >= 0.6 is 0 Å². The smallest absolute Gasteiger partial charge is 0.301 e. The number of halogens is 2. The van der Waals surface area contributed by atoms with Crippen LogP contribution in [0, 0.1) is 11.6 Å². The minimum atomic E-state index is -4.07. The van der Waals surface area contributed by atoms with Gasteiger partial charge in [-0.05, 0) is 25.2 Å². The van der Waals surface area contributed by atoms with Crippen LogP contribution in [0.15, 0.2) is 36.8 Å². The average molecular weight is 520 g/mol. The van der Waals surface area contributed by atoms with Crippen LogP contribution in [-0.4, -0.2) is 85.2 Å². The summed E-state index contributed by atoms with van der Waals surface area (Å²) in [5.41, 5.74) is -0.301. The van der Waals surface area contributed by atoms with Crippen LogP contribution < -0.4 is 9.62 Å². The third kappa shape index (κ3) is 5.22. The number of nitrogens with zero attached hydrogens (tertiary/aromatic N) is 5. The molecule has 0 atom stereocenters. The molecule has 0 spiro atoms. The zero-order chi connectivity index (χ0) is 26.0. The van der Waals surface area contributed by atoms with Crippen molar-refractivity contribution >= 4 is 27.6 Å². The van der Waals surface area contributed by atoms with Gasteiger partial charge in [-0.25, -0.2) is 18.7 Å². The van der Waals surface area contributed by atoms with Crippen molar-refractivity contribution in [3.63, 3.8) is 0 Å². The zero-order valence-electron chi connectivity index (χ0n) is 20.1. The summed E-state index contributed by atoms with van der Waals surface area (Å²) in [5, 5.41) is 0. The number of anilines is 2. The van der Waals surface area contributed by atoms with Crippen molar-refractivity contribution in [2.45, 2.75) is 6.92 Å². The molecule has 0 saturated carbocycles. The minimum Gasteiger partial charge on any atom is -0.360 e. The van der Waals surface area contributed by atoms with E-state index < -0.39 is 38.9 Å². The molecule has 0 aliphatic carbocycles. The fourth-order valence-electron chi connectivity index (χ4n) is 3.69. The first kappa shape index (κ1) is 25.7. The van der Waals surface area contributed by atoms with Gasteiger partial charge in [0.2, 0.25) is 11.7 Å². The van der Waals surface area contributed by atoms with Crippen molar-refractivity contribution in [2.75, 3.05) is 56.4 Å². The number of carbonyl (C=O) groups excluding carboxylic acids is 1. The molecule has 1 aliphatic rings. The molecule has 192 valence electrons. The van der Waals surface area contributed by atoms with Gasteiger partial charge in [-0.2, -0.15) is 12.7 Å². The number of aromatic amines is 1. The lowest BCUT2D eigenvalue weighted by molar-refractivity contribution is 0.103. The lowest BCUT2D eigenvalue weighted by Gasteiger charge is -2.32. The van der Waals surface area contributed by atoms with Crippen molar-refractivity contribution in [1.82, 2.24) is 24.2 Å². The van der Waals surface area contributed by atoms with Crippen LogP contribution in [0.1, 0.15) is 22.8 Å². The maximum atomic E-state index is 15.1. The molecule has 36 heavy (non-hydrogen) atoms. The van der Waals surface area contributed by atoms with E-state index in [0.717, 1.165) is 42.6 Å². The first-order chi connectivity index (χ1) is 17.1. The number of nitrogens with one attached hydrogen (secondary N) is 2. The van der Waals surface area contributed by atoms with Crippen LogP contribution in [0.4, 0.5) is 20.4 Å². The van der Waals surface area contributed by atoms with Gasteiger partial charge in [0.1, 0.15) is 5.82 Å². The standard InChI is InChI=1S/C23H27F2N7O3S/c1-4-31(3)36(34,35)29-18-6-5-17(24)20(21(18)25)22(33)15-11-19(26-12-15)16-13-27-23(28-14-16)32-9-7-30(2)8-10-32/h5-6,11-14,26,29H,4,7-10H2,1-3H3. The number of benzene rings is 1. The molecule has 4 rings (SSSR count). The highest BCUT2D eigenvalue weighted by Gasteiger charge is 2.26. The van der Waals surface area contributed by atoms with Crippen molar-refractivity contribution in [1.29, 1.82) is 0 Å². The Labute approximate surface area is 208 Å². The van der Waals surface area contributed by atoms with Crippen LogP contribution in [-0.2, 0) is 10.2 Å². The average Bonchev–Trinajstić information content (AvgIpc) is 3.36. The van der Waals surface area contributed by atoms with Gasteiger partial charge in [0.15, 0.2) is 5.82 Å². The van der Waals surface area contributed by atoms with Crippen molar-refractivity contribution in [2.24, 2.45) is 0 Å². The highest BCUT2D eigenvalue weighted by atomic mass is 32.2. The van der Waals surface area contributed by atoms with E-state index in [4.69, 9.17) is 0 Å². The number of hydrogen-bond donors (Lipinski definition) is 2. The molecule has 0 unspecified atom stereocenters. The second kappa shape index (κ2) is 10.3. The van der Waals surface area contributed by atoms with Gasteiger partial charge in [0.25, 0.3) is 0 Å². The molecular weight excluding hydrogens is 492 g/mol. The van der Waals surface area contributed by atoms with Gasteiger partial charge < -0.3 is 14.8 Å². The SMILES string of the molecule is CCN(C)S(=O)(=O)Nc1ccc(F)c(C(=O)c2c[nH]c(-c3cnc(N4CCN(C)CC4)nc3)c2)c1F. The number of H-pyrrole nitrogens is 1. The van der Waals surface area contributed by atoms with E-state index >= 15 is 4.39 Å². The van der Waals surface area contributed by atoms with E-state index in [9.17, 15) is 17.6 Å². The van der Waals surface area contributed by atoms with Crippen molar-refractivity contribution < 1.29 is 22.0 Å². The predicted molar refractivity (Wildman–Crippen MR) is 132 cm³/mol. The molecule has 1 aromatic carbocycles. The summed E-state index contributed by atoms with van der Waals surface area (Å²) in [5.74, 6) is -2.73. The van der Waals surface area contributed by atoms with Gasteiger partial charge in [-0.3, -0.25) is 9.52 Å². The summed E-state index contributed by atoms with van der Waals surface area (Å²) < 4.78 is 57.1. The predicted octanol–water partition coefficient (Wildman–Crippen LogP) is 2.34. The molecule has 1 saturated heterocycles. The van der Waals surface area contributed by atoms with E-state index in [1.807, 2.05) is 0 Å². The quantitative estimate of drug-likeness (QED) is 0.439.